The van der Waals surface area contributed by atoms with E-state index in [-0.39, 0.29) is 5.75 Å². The van der Waals surface area contributed by atoms with E-state index in [9.17, 15) is 5.11 Å². The van der Waals surface area contributed by atoms with Gasteiger partial charge in [-0.05, 0) is 12.1 Å². The van der Waals surface area contributed by atoms with Crippen LogP contribution < -0.4 is 4.40 Å². The summed E-state index contributed by atoms with van der Waals surface area (Å²) in [5, 5.41) is 11.2. The van der Waals surface area contributed by atoms with Crippen LogP contribution in [0.3, 0.4) is 0 Å². The maximum Gasteiger partial charge on any atom is 0.223 e. The summed E-state index contributed by atoms with van der Waals surface area (Å²) in [6, 6.07) is 13.1. The van der Waals surface area contributed by atoms with Gasteiger partial charge >= 0.3 is 0 Å². The average Bonchev–Trinajstić information content (AvgIpc) is 2.29. The van der Waals surface area contributed by atoms with Crippen LogP contribution in [0.25, 0.3) is 16.4 Å². The Morgan fingerprint density at radius 2 is 1.94 bits per heavy atom. The quantitative estimate of drug-likeness (QED) is 0.466. The largest absolute Gasteiger partial charge is 0.507 e. The lowest BCUT2D eigenvalue weighted by atomic mass is 10.1. The third-order valence-electron chi connectivity index (χ3n) is 2.68. The summed E-state index contributed by atoms with van der Waals surface area (Å²) >= 11 is 6.09. The van der Waals surface area contributed by atoms with Crippen LogP contribution in [0.15, 0.2) is 48.7 Å². The van der Waals surface area contributed by atoms with Gasteiger partial charge in [0.25, 0.3) is 0 Å². The van der Waals surface area contributed by atoms with Crippen molar-refractivity contribution in [3.05, 3.63) is 53.7 Å². The van der Waals surface area contributed by atoms with Crippen molar-refractivity contribution in [2.75, 3.05) is 0 Å². The van der Waals surface area contributed by atoms with E-state index in [0.29, 0.717) is 10.4 Å². The van der Waals surface area contributed by atoms with Crippen molar-refractivity contribution in [1.82, 2.24) is 0 Å². The lowest BCUT2D eigenvalue weighted by Gasteiger charge is -2.01. The number of hydrogen-bond acceptors (Lipinski definition) is 1. The lowest BCUT2D eigenvalue weighted by Crippen LogP contribution is -2.21. The molecule has 2 heterocycles. The molecule has 16 heavy (non-hydrogen) atoms. The number of benzene rings is 1. The standard InChI is InChI=1S/C13H8ClNO/c14-10-5-3-6-11-13(10)12(16)8-9-4-1-2-7-15(9)11/h1-8H/p+1. The van der Waals surface area contributed by atoms with Gasteiger partial charge in [0.05, 0.1) is 11.1 Å². The zero-order chi connectivity index (χ0) is 11.1. The molecule has 0 bridgehead atoms. The van der Waals surface area contributed by atoms with E-state index in [0.717, 1.165) is 11.0 Å². The molecule has 2 nitrogen and oxygen atoms in total. The molecule has 0 atom stereocenters. The first-order valence-electron chi connectivity index (χ1n) is 4.98. The minimum atomic E-state index is 0.215. The number of halogens is 1. The molecular formula is C13H9ClNO+. The van der Waals surface area contributed by atoms with Crippen molar-refractivity contribution in [2.45, 2.75) is 0 Å². The molecule has 0 aliphatic rings. The minimum Gasteiger partial charge on any atom is -0.507 e. The van der Waals surface area contributed by atoms with E-state index in [1.807, 2.05) is 40.9 Å². The van der Waals surface area contributed by atoms with Crippen molar-refractivity contribution < 1.29 is 9.51 Å². The Kier molecular flexibility index (Phi) is 1.98. The third kappa shape index (κ3) is 1.24. The maximum atomic E-state index is 9.95. The summed E-state index contributed by atoms with van der Waals surface area (Å²) in [5.41, 5.74) is 1.85. The number of rotatable bonds is 0. The average molecular weight is 231 g/mol. The van der Waals surface area contributed by atoms with Crippen molar-refractivity contribution >= 4 is 28.0 Å². The molecule has 0 fully saturated rings. The zero-order valence-electron chi connectivity index (χ0n) is 8.39. The van der Waals surface area contributed by atoms with Crippen molar-refractivity contribution in [3.63, 3.8) is 0 Å². The molecule has 0 saturated carbocycles. The molecule has 0 radical (unpaired) electrons. The van der Waals surface area contributed by atoms with Crippen LogP contribution in [0.4, 0.5) is 0 Å². The Morgan fingerprint density at radius 1 is 1.06 bits per heavy atom. The topological polar surface area (TPSA) is 24.3 Å². The first kappa shape index (κ1) is 9.43. The first-order valence-corrected chi connectivity index (χ1v) is 5.36. The lowest BCUT2D eigenvalue weighted by molar-refractivity contribution is -0.481. The minimum absolute atomic E-state index is 0.215. The molecule has 3 rings (SSSR count). The van der Waals surface area contributed by atoms with Crippen LogP contribution in [-0.2, 0) is 0 Å². The normalized spacial score (nSPS) is 11.1. The Hall–Kier alpha value is -1.80. The Bertz CT molecular complexity index is 694. The predicted molar refractivity (Wildman–Crippen MR) is 63.8 cm³/mol. The summed E-state index contributed by atoms with van der Waals surface area (Å²) in [6.45, 7) is 0. The molecular weight excluding hydrogens is 222 g/mol. The van der Waals surface area contributed by atoms with Gasteiger partial charge in [-0.15, -0.1) is 0 Å². The smallest absolute Gasteiger partial charge is 0.223 e. The van der Waals surface area contributed by atoms with E-state index in [1.54, 1.807) is 12.1 Å². The van der Waals surface area contributed by atoms with Gasteiger partial charge in [0.15, 0.2) is 6.20 Å². The number of aromatic hydroxyl groups is 1. The number of aromatic nitrogens is 1. The second-order valence-electron chi connectivity index (χ2n) is 3.66. The molecule has 0 amide bonds. The Morgan fingerprint density at radius 3 is 2.81 bits per heavy atom. The van der Waals surface area contributed by atoms with Gasteiger partial charge < -0.3 is 5.11 Å². The van der Waals surface area contributed by atoms with Gasteiger partial charge in [0.1, 0.15) is 11.1 Å². The van der Waals surface area contributed by atoms with Crippen molar-refractivity contribution in [3.8, 4) is 5.75 Å². The highest BCUT2D eigenvalue weighted by Gasteiger charge is 2.14. The van der Waals surface area contributed by atoms with Gasteiger partial charge in [0.2, 0.25) is 11.0 Å². The number of hydrogen-bond donors (Lipinski definition) is 1. The second kappa shape index (κ2) is 3.35. The molecule has 3 aromatic rings. The zero-order valence-corrected chi connectivity index (χ0v) is 9.15. The Labute approximate surface area is 97.3 Å². The molecule has 0 saturated heterocycles. The van der Waals surface area contributed by atoms with Crippen molar-refractivity contribution in [2.24, 2.45) is 0 Å². The summed E-state index contributed by atoms with van der Waals surface area (Å²) in [6.07, 6.45) is 1.95. The van der Waals surface area contributed by atoms with E-state index in [1.165, 1.54) is 0 Å². The van der Waals surface area contributed by atoms with Crippen LogP contribution >= 0.6 is 11.6 Å². The first-order chi connectivity index (χ1) is 7.77. The van der Waals surface area contributed by atoms with E-state index in [4.69, 9.17) is 11.6 Å². The fraction of sp³-hybridized carbons (Fsp3) is 0. The molecule has 0 unspecified atom stereocenters. The van der Waals surface area contributed by atoms with Gasteiger partial charge in [-0.2, -0.15) is 4.40 Å². The number of fused-ring (bicyclic) bond motifs is 3. The van der Waals surface area contributed by atoms with Gasteiger partial charge in [0, 0.05) is 18.2 Å². The molecule has 0 aliphatic heterocycles. The fourth-order valence-electron chi connectivity index (χ4n) is 1.97. The summed E-state index contributed by atoms with van der Waals surface area (Å²) in [4.78, 5) is 0. The molecule has 0 spiro atoms. The number of pyridine rings is 2. The van der Waals surface area contributed by atoms with Crippen LogP contribution in [0.1, 0.15) is 0 Å². The summed E-state index contributed by atoms with van der Waals surface area (Å²) < 4.78 is 2.00. The van der Waals surface area contributed by atoms with Gasteiger partial charge in [-0.25, -0.2) is 0 Å². The van der Waals surface area contributed by atoms with Gasteiger partial charge in [-0.1, -0.05) is 17.7 Å². The van der Waals surface area contributed by atoms with Crippen molar-refractivity contribution in [1.29, 1.82) is 0 Å². The molecule has 2 aromatic heterocycles. The SMILES string of the molecule is Oc1cc2cccc[n+]2c2cccc(Cl)c12. The summed E-state index contributed by atoms with van der Waals surface area (Å²) in [5.74, 6) is 0.215. The predicted octanol–water partition coefficient (Wildman–Crippen LogP) is 2.94. The van der Waals surface area contributed by atoms with Crippen LogP contribution in [0.5, 0.6) is 5.75 Å². The van der Waals surface area contributed by atoms with Crippen LogP contribution in [-0.4, -0.2) is 5.11 Å². The van der Waals surface area contributed by atoms with Gasteiger partial charge in [-0.3, -0.25) is 0 Å². The van der Waals surface area contributed by atoms with E-state index >= 15 is 0 Å². The molecule has 1 aromatic carbocycles. The maximum absolute atomic E-state index is 9.95. The highest BCUT2D eigenvalue weighted by molar-refractivity contribution is 6.35. The molecule has 1 N–H and O–H groups in total. The highest BCUT2D eigenvalue weighted by atomic mass is 35.5. The molecule has 3 heteroatoms. The second-order valence-corrected chi connectivity index (χ2v) is 4.07. The van der Waals surface area contributed by atoms with E-state index in [2.05, 4.69) is 0 Å². The molecule has 0 aliphatic carbocycles. The highest BCUT2D eigenvalue weighted by Crippen LogP contribution is 2.29. The third-order valence-corrected chi connectivity index (χ3v) is 3.00. The van der Waals surface area contributed by atoms with Crippen LogP contribution in [0, 0.1) is 0 Å². The van der Waals surface area contributed by atoms with Crippen LogP contribution in [0.2, 0.25) is 5.02 Å². The molecule has 78 valence electrons. The van der Waals surface area contributed by atoms with E-state index < -0.39 is 0 Å². The monoisotopic (exact) mass is 230 g/mol. The summed E-state index contributed by atoms with van der Waals surface area (Å²) in [7, 11) is 0. The Balaban J connectivity index is 2.65. The number of nitrogens with zero attached hydrogens (tertiary/aromatic N) is 1. The fourth-order valence-corrected chi connectivity index (χ4v) is 2.24.